The van der Waals surface area contributed by atoms with E-state index in [9.17, 15) is 4.79 Å². The summed E-state index contributed by atoms with van der Waals surface area (Å²) >= 11 is 0. The highest BCUT2D eigenvalue weighted by Gasteiger charge is 2.26. The normalized spacial score (nSPS) is 14.2. The molecule has 0 saturated carbocycles. The molecule has 3 aromatic rings. The van der Waals surface area contributed by atoms with Crippen LogP contribution in [0.2, 0.25) is 25.7 Å². The molecule has 1 amide bonds. The van der Waals surface area contributed by atoms with Crippen molar-refractivity contribution in [2.45, 2.75) is 71.8 Å². The molecule has 1 aromatic carbocycles. The fourth-order valence-corrected chi connectivity index (χ4v) is 4.76. The fraction of sp³-hybridized carbons (Fsp3) is 0.481. The molecule has 35 heavy (non-hydrogen) atoms. The number of amides is 1. The summed E-state index contributed by atoms with van der Waals surface area (Å²) in [6.07, 6.45) is 4.28. The van der Waals surface area contributed by atoms with Crippen LogP contribution in [0.25, 0.3) is 11.0 Å². The second kappa shape index (κ2) is 10.0. The Labute approximate surface area is 209 Å². The highest BCUT2D eigenvalue weighted by atomic mass is 28.3. The quantitative estimate of drug-likeness (QED) is 0.279. The average Bonchev–Trinajstić information content (AvgIpc) is 3.18. The number of pyridine rings is 1. The van der Waals surface area contributed by atoms with E-state index in [0.717, 1.165) is 47.2 Å². The molecule has 0 fully saturated rings. The van der Waals surface area contributed by atoms with Gasteiger partial charge in [-0.2, -0.15) is 0 Å². The van der Waals surface area contributed by atoms with Crippen LogP contribution in [0.4, 0.5) is 4.79 Å². The largest absolute Gasteiger partial charge is 0.457 e. The van der Waals surface area contributed by atoms with E-state index in [2.05, 4.69) is 30.7 Å². The minimum Gasteiger partial charge on any atom is -0.457 e. The Hall–Kier alpha value is -2.84. The van der Waals surface area contributed by atoms with Crippen molar-refractivity contribution >= 4 is 25.2 Å². The van der Waals surface area contributed by atoms with E-state index in [-0.39, 0.29) is 6.09 Å². The standard InChI is InChI=1S/C27H37N3O4Si/c1-27(2,3)34-26(31)29-13-10-20-7-8-22(17-21(20)18-29)33-24-9-12-28-25-23(24)11-14-30(25)19-32-15-16-35(4,5)6/h7-9,11-12,14,17H,10,13,15-16,18-19H2,1-6H3. The van der Waals surface area contributed by atoms with Crippen LogP contribution in [-0.4, -0.2) is 47.4 Å². The summed E-state index contributed by atoms with van der Waals surface area (Å²) in [5, 5.41) is 0.939. The summed E-state index contributed by atoms with van der Waals surface area (Å²) in [7, 11) is -1.12. The Morgan fingerprint density at radius 1 is 1.11 bits per heavy atom. The molecule has 0 unspecified atom stereocenters. The first kappa shape index (κ1) is 25.3. The second-order valence-corrected chi connectivity index (χ2v) is 17.0. The maximum atomic E-state index is 12.5. The van der Waals surface area contributed by atoms with Gasteiger partial charge < -0.3 is 23.7 Å². The molecule has 3 heterocycles. The van der Waals surface area contributed by atoms with Crippen LogP contribution >= 0.6 is 0 Å². The molecule has 1 aliphatic heterocycles. The maximum Gasteiger partial charge on any atom is 0.410 e. The number of aromatic nitrogens is 2. The summed E-state index contributed by atoms with van der Waals surface area (Å²) in [5.41, 5.74) is 2.65. The topological polar surface area (TPSA) is 65.8 Å². The molecule has 2 aromatic heterocycles. The van der Waals surface area contributed by atoms with Gasteiger partial charge in [0.25, 0.3) is 0 Å². The number of carbonyl (C=O) groups is 1. The zero-order valence-electron chi connectivity index (χ0n) is 21.8. The zero-order valence-corrected chi connectivity index (χ0v) is 22.8. The summed E-state index contributed by atoms with van der Waals surface area (Å²) in [5.74, 6) is 1.48. The highest BCUT2D eigenvalue weighted by molar-refractivity contribution is 6.76. The molecule has 8 heteroatoms. The van der Waals surface area contributed by atoms with Crippen molar-refractivity contribution in [1.29, 1.82) is 0 Å². The van der Waals surface area contributed by atoms with Gasteiger partial charge in [-0.15, -0.1) is 0 Å². The summed E-state index contributed by atoms with van der Waals surface area (Å²) < 4.78 is 19.8. The summed E-state index contributed by atoms with van der Waals surface area (Å²) in [6.45, 7) is 15.1. The van der Waals surface area contributed by atoms with Crippen molar-refractivity contribution in [3.05, 3.63) is 53.9 Å². The molecule has 0 bridgehead atoms. The minimum absolute atomic E-state index is 0.279. The van der Waals surface area contributed by atoms with Crippen LogP contribution in [0.5, 0.6) is 11.5 Å². The Morgan fingerprint density at radius 2 is 1.91 bits per heavy atom. The Morgan fingerprint density at radius 3 is 2.66 bits per heavy atom. The van der Waals surface area contributed by atoms with Gasteiger partial charge in [0, 0.05) is 40.2 Å². The van der Waals surface area contributed by atoms with E-state index in [1.807, 2.05) is 55.8 Å². The molecular formula is C27H37N3O4Si. The van der Waals surface area contributed by atoms with Crippen molar-refractivity contribution in [2.75, 3.05) is 13.2 Å². The van der Waals surface area contributed by atoms with Gasteiger partial charge in [-0.25, -0.2) is 9.78 Å². The number of nitrogens with zero attached hydrogens (tertiary/aromatic N) is 3. The van der Waals surface area contributed by atoms with Crippen LogP contribution < -0.4 is 4.74 Å². The first-order valence-corrected chi connectivity index (χ1v) is 16.0. The maximum absolute atomic E-state index is 12.5. The molecule has 0 aliphatic carbocycles. The van der Waals surface area contributed by atoms with E-state index in [1.54, 1.807) is 11.1 Å². The number of rotatable bonds is 7. The minimum atomic E-state index is -1.12. The SMILES string of the molecule is CC(C)(C)OC(=O)N1CCc2ccc(Oc3ccnc4c3ccn4COCC[Si](C)(C)C)cc2C1. The van der Waals surface area contributed by atoms with Gasteiger partial charge in [0.1, 0.15) is 29.5 Å². The van der Waals surface area contributed by atoms with Crippen LogP contribution in [0.15, 0.2) is 42.7 Å². The van der Waals surface area contributed by atoms with Crippen molar-refractivity contribution in [3.63, 3.8) is 0 Å². The van der Waals surface area contributed by atoms with E-state index < -0.39 is 13.7 Å². The Bertz CT molecular complexity index is 1190. The van der Waals surface area contributed by atoms with Crippen molar-refractivity contribution < 1.29 is 19.0 Å². The molecular weight excluding hydrogens is 458 g/mol. The molecule has 1 aliphatic rings. The molecule has 0 spiro atoms. The van der Waals surface area contributed by atoms with Gasteiger partial charge in [0.05, 0.1) is 5.39 Å². The second-order valence-electron chi connectivity index (χ2n) is 11.4. The molecule has 7 nitrogen and oxygen atoms in total. The first-order chi connectivity index (χ1) is 16.5. The Balaban J connectivity index is 1.46. The monoisotopic (exact) mass is 495 g/mol. The van der Waals surface area contributed by atoms with Crippen LogP contribution in [0.1, 0.15) is 31.9 Å². The Kier molecular flexibility index (Phi) is 7.24. The highest BCUT2D eigenvalue weighted by Crippen LogP contribution is 2.32. The van der Waals surface area contributed by atoms with Crippen LogP contribution in [0, 0.1) is 0 Å². The van der Waals surface area contributed by atoms with Gasteiger partial charge in [0.15, 0.2) is 0 Å². The average molecular weight is 496 g/mol. The molecule has 188 valence electrons. The van der Waals surface area contributed by atoms with Crippen molar-refractivity contribution in [3.8, 4) is 11.5 Å². The van der Waals surface area contributed by atoms with Gasteiger partial charge in [-0.3, -0.25) is 0 Å². The third-order valence-electron chi connectivity index (χ3n) is 5.92. The number of carbonyl (C=O) groups excluding carboxylic acids is 1. The lowest BCUT2D eigenvalue weighted by Gasteiger charge is -2.31. The van der Waals surface area contributed by atoms with Crippen LogP contribution in [-0.2, 0) is 29.2 Å². The molecule has 4 rings (SSSR count). The number of benzene rings is 1. The van der Waals surface area contributed by atoms with Gasteiger partial charge >= 0.3 is 6.09 Å². The fourth-order valence-electron chi connectivity index (χ4n) is 4.01. The number of ether oxygens (including phenoxy) is 3. The van der Waals surface area contributed by atoms with Crippen molar-refractivity contribution in [2.24, 2.45) is 0 Å². The molecule has 0 saturated heterocycles. The van der Waals surface area contributed by atoms with Crippen molar-refractivity contribution in [1.82, 2.24) is 14.5 Å². The summed E-state index contributed by atoms with van der Waals surface area (Å²) in [6, 6.07) is 11.1. The lowest BCUT2D eigenvalue weighted by Crippen LogP contribution is -2.39. The number of fused-ring (bicyclic) bond motifs is 2. The van der Waals surface area contributed by atoms with E-state index in [1.165, 1.54) is 5.56 Å². The predicted octanol–water partition coefficient (Wildman–Crippen LogP) is 6.43. The third kappa shape index (κ3) is 6.64. The van der Waals surface area contributed by atoms with Gasteiger partial charge in [-0.05, 0) is 68.6 Å². The lowest BCUT2D eigenvalue weighted by molar-refractivity contribution is 0.0224. The molecule has 0 radical (unpaired) electrons. The van der Waals surface area contributed by atoms with Gasteiger partial charge in [0.2, 0.25) is 0 Å². The van der Waals surface area contributed by atoms with Crippen LogP contribution in [0.3, 0.4) is 0 Å². The zero-order chi connectivity index (χ0) is 25.2. The molecule has 0 N–H and O–H groups in total. The van der Waals surface area contributed by atoms with Gasteiger partial charge in [-0.1, -0.05) is 25.7 Å². The predicted molar refractivity (Wildman–Crippen MR) is 141 cm³/mol. The lowest BCUT2D eigenvalue weighted by atomic mass is 10.00. The summed E-state index contributed by atoms with van der Waals surface area (Å²) in [4.78, 5) is 18.9. The smallest absolute Gasteiger partial charge is 0.410 e. The first-order valence-electron chi connectivity index (χ1n) is 12.3. The third-order valence-corrected chi connectivity index (χ3v) is 7.62. The number of hydrogen-bond acceptors (Lipinski definition) is 5. The number of hydrogen-bond donors (Lipinski definition) is 0. The van der Waals surface area contributed by atoms with E-state index in [4.69, 9.17) is 14.2 Å². The van der Waals surface area contributed by atoms with E-state index in [0.29, 0.717) is 19.8 Å². The van der Waals surface area contributed by atoms with E-state index >= 15 is 0 Å². The molecule has 0 atom stereocenters.